The predicted molar refractivity (Wildman–Crippen MR) is 121 cm³/mol. The smallest absolute Gasteiger partial charge is 0.277 e. The van der Waals surface area contributed by atoms with Gasteiger partial charge in [0.1, 0.15) is 5.70 Å². The van der Waals surface area contributed by atoms with E-state index >= 15 is 0 Å². The highest BCUT2D eigenvalue weighted by Gasteiger charge is 2.41. The number of nitrogens with zero attached hydrogens (tertiary/aromatic N) is 3. The maximum atomic E-state index is 13.4. The number of nitrogens with two attached hydrogens (primary N) is 1. The van der Waals surface area contributed by atoms with E-state index in [0.717, 1.165) is 24.2 Å². The summed E-state index contributed by atoms with van der Waals surface area (Å²) in [6.45, 7) is 3.22. The summed E-state index contributed by atoms with van der Waals surface area (Å²) in [7, 11) is -1.72. The second-order valence-corrected chi connectivity index (χ2v) is 9.64. The maximum absolute atomic E-state index is 13.4. The molecule has 1 fully saturated rings. The fourth-order valence-electron chi connectivity index (χ4n) is 4.04. The van der Waals surface area contributed by atoms with E-state index in [4.69, 9.17) is 5.14 Å². The number of sulfonamides is 1. The molecule has 9 heteroatoms. The Bertz CT molecular complexity index is 1150. The summed E-state index contributed by atoms with van der Waals surface area (Å²) in [6, 6.07) is 15.5. The fraction of sp³-hybridized carbons (Fsp3) is 0.304. The van der Waals surface area contributed by atoms with Crippen molar-refractivity contribution in [1.29, 1.82) is 0 Å². The molecular formula is C23H26N4O4S. The molecule has 0 aliphatic carbocycles. The Morgan fingerprint density at radius 2 is 1.50 bits per heavy atom. The van der Waals surface area contributed by atoms with Gasteiger partial charge < -0.3 is 9.80 Å². The van der Waals surface area contributed by atoms with Crippen molar-refractivity contribution in [2.45, 2.75) is 11.3 Å². The van der Waals surface area contributed by atoms with Crippen molar-refractivity contribution < 1.29 is 18.0 Å². The number of amides is 2. The molecular weight excluding hydrogens is 428 g/mol. The summed E-state index contributed by atoms with van der Waals surface area (Å²) in [5.41, 5.74) is 2.47. The van der Waals surface area contributed by atoms with Crippen LogP contribution in [0.25, 0.3) is 5.57 Å². The molecule has 0 spiro atoms. The SMILES string of the molecule is CN1CCN(C2=C(c3ccccc3)C(=O)N(CCc3ccc(S(N)(=O)=O)cc3)C2=O)CC1. The van der Waals surface area contributed by atoms with E-state index in [1.54, 1.807) is 12.1 Å². The summed E-state index contributed by atoms with van der Waals surface area (Å²) in [6.07, 6.45) is 0.417. The van der Waals surface area contributed by atoms with Gasteiger partial charge in [-0.25, -0.2) is 13.6 Å². The molecule has 2 heterocycles. The largest absolute Gasteiger partial charge is 0.364 e. The molecule has 168 valence electrons. The van der Waals surface area contributed by atoms with Crippen molar-refractivity contribution in [2.75, 3.05) is 39.8 Å². The average Bonchev–Trinajstić information content (AvgIpc) is 3.03. The Balaban J connectivity index is 1.57. The Kier molecular flexibility index (Phi) is 6.14. The molecule has 0 atom stereocenters. The van der Waals surface area contributed by atoms with Crippen LogP contribution in [0.1, 0.15) is 11.1 Å². The first kappa shape index (κ1) is 22.2. The lowest BCUT2D eigenvalue weighted by atomic mass is 10.0. The van der Waals surface area contributed by atoms with E-state index < -0.39 is 10.0 Å². The molecule has 4 rings (SSSR count). The number of rotatable bonds is 6. The quantitative estimate of drug-likeness (QED) is 0.651. The van der Waals surface area contributed by atoms with Crippen molar-refractivity contribution in [3.8, 4) is 0 Å². The molecule has 0 unspecified atom stereocenters. The molecule has 0 saturated carbocycles. The van der Waals surface area contributed by atoms with Gasteiger partial charge in [-0.05, 0) is 36.7 Å². The Hall–Kier alpha value is -3.01. The third-order valence-electron chi connectivity index (χ3n) is 5.90. The zero-order chi connectivity index (χ0) is 22.9. The maximum Gasteiger partial charge on any atom is 0.277 e. The Labute approximate surface area is 188 Å². The molecule has 2 amide bonds. The van der Waals surface area contributed by atoms with Crippen LogP contribution < -0.4 is 5.14 Å². The number of carbonyl (C=O) groups excluding carboxylic acids is 2. The standard InChI is InChI=1S/C23H26N4O4S/c1-25-13-15-26(16-14-25)21-20(18-5-3-2-4-6-18)22(28)27(23(21)29)12-11-17-7-9-19(10-8-17)32(24,30)31/h2-10H,11-16H2,1H3,(H2,24,30,31). The number of hydrogen-bond acceptors (Lipinski definition) is 6. The lowest BCUT2D eigenvalue weighted by Crippen LogP contribution is -2.46. The van der Waals surface area contributed by atoms with Crippen LogP contribution in [-0.2, 0) is 26.0 Å². The van der Waals surface area contributed by atoms with E-state index in [-0.39, 0.29) is 23.3 Å². The normalized spacial score (nSPS) is 18.1. The molecule has 0 aromatic heterocycles. The van der Waals surface area contributed by atoms with Gasteiger partial charge in [-0.1, -0.05) is 42.5 Å². The van der Waals surface area contributed by atoms with E-state index in [1.807, 2.05) is 42.3 Å². The summed E-state index contributed by atoms with van der Waals surface area (Å²) < 4.78 is 22.9. The lowest BCUT2D eigenvalue weighted by Gasteiger charge is -2.34. The molecule has 2 aromatic carbocycles. The first-order valence-electron chi connectivity index (χ1n) is 10.5. The van der Waals surface area contributed by atoms with Crippen molar-refractivity contribution in [1.82, 2.24) is 14.7 Å². The summed E-state index contributed by atoms with van der Waals surface area (Å²) in [5.74, 6) is -0.573. The minimum absolute atomic E-state index is 0.0277. The van der Waals surface area contributed by atoms with Gasteiger partial charge in [0.2, 0.25) is 10.0 Å². The monoisotopic (exact) mass is 454 g/mol. The van der Waals surface area contributed by atoms with Crippen LogP contribution in [0.15, 0.2) is 65.2 Å². The minimum Gasteiger partial charge on any atom is -0.364 e. The van der Waals surface area contributed by atoms with Crippen LogP contribution in [-0.4, -0.2) is 74.7 Å². The highest BCUT2D eigenvalue weighted by Crippen LogP contribution is 2.32. The summed E-state index contributed by atoms with van der Waals surface area (Å²) in [4.78, 5) is 32.3. The van der Waals surface area contributed by atoms with E-state index in [1.165, 1.54) is 17.0 Å². The number of hydrogen-bond donors (Lipinski definition) is 1. The highest BCUT2D eigenvalue weighted by molar-refractivity contribution is 7.89. The van der Waals surface area contributed by atoms with Gasteiger partial charge in [0.25, 0.3) is 11.8 Å². The minimum atomic E-state index is -3.76. The lowest BCUT2D eigenvalue weighted by molar-refractivity contribution is -0.137. The van der Waals surface area contributed by atoms with Gasteiger partial charge in [-0.2, -0.15) is 0 Å². The number of likely N-dealkylation sites (N-methyl/N-ethyl adjacent to an activating group) is 1. The molecule has 0 bridgehead atoms. The first-order chi connectivity index (χ1) is 15.3. The third-order valence-corrected chi connectivity index (χ3v) is 6.83. The number of carbonyl (C=O) groups is 2. The van der Waals surface area contributed by atoms with Crippen LogP contribution in [0.5, 0.6) is 0 Å². The van der Waals surface area contributed by atoms with Crippen molar-refractivity contribution in [3.63, 3.8) is 0 Å². The Morgan fingerprint density at radius 3 is 2.09 bits per heavy atom. The van der Waals surface area contributed by atoms with E-state index in [0.29, 0.717) is 30.8 Å². The van der Waals surface area contributed by atoms with Crippen LogP contribution >= 0.6 is 0 Å². The number of primary sulfonamides is 1. The fourth-order valence-corrected chi connectivity index (χ4v) is 4.56. The van der Waals surface area contributed by atoms with Crippen LogP contribution in [0.4, 0.5) is 0 Å². The van der Waals surface area contributed by atoms with Crippen molar-refractivity contribution >= 4 is 27.4 Å². The molecule has 8 nitrogen and oxygen atoms in total. The van der Waals surface area contributed by atoms with Gasteiger partial charge in [-0.3, -0.25) is 14.5 Å². The third kappa shape index (κ3) is 4.45. The average molecular weight is 455 g/mol. The Morgan fingerprint density at radius 1 is 0.875 bits per heavy atom. The predicted octanol–water partition coefficient (Wildman–Crippen LogP) is 0.904. The van der Waals surface area contributed by atoms with Crippen LogP contribution in [0, 0.1) is 0 Å². The van der Waals surface area contributed by atoms with Gasteiger partial charge in [0.15, 0.2) is 0 Å². The van der Waals surface area contributed by atoms with Gasteiger partial charge in [0.05, 0.1) is 10.5 Å². The topological polar surface area (TPSA) is 104 Å². The second kappa shape index (κ2) is 8.85. The van der Waals surface area contributed by atoms with Gasteiger partial charge in [0, 0.05) is 32.7 Å². The highest BCUT2D eigenvalue weighted by atomic mass is 32.2. The summed E-state index contributed by atoms with van der Waals surface area (Å²) in [5, 5.41) is 5.14. The van der Waals surface area contributed by atoms with Crippen molar-refractivity contribution in [3.05, 3.63) is 71.4 Å². The van der Waals surface area contributed by atoms with Crippen molar-refractivity contribution in [2.24, 2.45) is 5.14 Å². The molecule has 1 saturated heterocycles. The molecule has 2 aliphatic heterocycles. The zero-order valence-electron chi connectivity index (χ0n) is 17.9. The zero-order valence-corrected chi connectivity index (χ0v) is 18.7. The second-order valence-electron chi connectivity index (χ2n) is 8.08. The summed E-state index contributed by atoms with van der Waals surface area (Å²) >= 11 is 0. The van der Waals surface area contributed by atoms with E-state index in [9.17, 15) is 18.0 Å². The number of imide groups is 1. The van der Waals surface area contributed by atoms with E-state index in [2.05, 4.69) is 4.90 Å². The molecule has 0 radical (unpaired) electrons. The molecule has 2 aromatic rings. The number of piperazine rings is 1. The van der Waals surface area contributed by atoms with Gasteiger partial charge >= 0.3 is 0 Å². The van der Waals surface area contributed by atoms with Gasteiger partial charge in [-0.15, -0.1) is 0 Å². The molecule has 2 N–H and O–H groups in total. The van der Waals surface area contributed by atoms with Crippen LogP contribution in [0.2, 0.25) is 0 Å². The van der Waals surface area contributed by atoms with Crippen LogP contribution in [0.3, 0.4) is 0 Å². The molecule has 32 heavy (non-hydrogen) atoms. The molecule has 2 aliphatic rings. The first-order valence-corrected chi connectivity index (χ1v) is 12.0. The number of benzene rings is 2.